The number of carbonyl (C=O) groups excluding carboxylic acids is 1. The van der Waals surface area contributed by atoms with Gasteiger partial charge in [-0.05, 0) is 82.7 Å². The van der Waals surface area contributed by atoms with E-state index in [9.17, 15) is 13.2 Å². The second-order valence-electron chi connectivity index (χ2n) is 11.2. The largest absolute Gasteiger partial charge is 0.444 e. The Labute approximate surface area is 228 Å². The Balaban J connectivity index is 1.69. The number of hydrogen-bond donors (Lipinski definition) is 1. The lowest BCUT2D eigenvalue weighted by atomic mass is 9.84. The molecular weight excluding hydrogens is 496 g/mol. The van der Waals surface area contributed by atoms with Crippen LogP contribution in [0.5, 0.6) is 0 Å². The number of carbonyl (C=O) groups is 1. The molecular formula is C31H42N2O4S. The molecule has 7 heteroatoms. The first-order valence-electron chi connectivity index (χ1n) is 13.2. The van der Waals surface area contributed by atoms with Crippen LogP contribution in [-0.2, 0) is 21.1 Å². The van der Waals surface area contributed by atoms with Crippen LogP contribution in [-0.4, -0.2) is 49.4 Å². The third-order valence-electron chi connectivity index (χ3n) is 6.96. The maximum atomic E-state index is 12.8. The zero-order valence-corrected chi connectivity index (χ0v) is 24.2. The zero-order valence-electron chi connectivity index (χ0n) is 23.4. The molecule has 0 unspecified atom stereocenters. The monoisotopic (exact) mass is 538 g/mol. The molecule has 1 heterocycles. The Morgan fingerprint density at radius 1 is 1.11 bits per heavy atom. The summed E-state index contributed by atoms with van der Waals surface area (Å²) in [5.74, 6) is -0.0574. The maximum Gasteiger partial charge on any atom is 0.410 e. The van der Waals surface area contributed by atoms with Crippen molar-refractivity contribution in [1.82, 2.24) is 10.2 Å². The van der Waals surface area contributed by atoms with Crippen LogP contribution in [0, 0.1) is 13.8 Å². The molecule has 6 nitrogen and oxygen atoms in total. The van der Waals surface area contributed by atoms with E-state index in [0.29, 0.717) is 24.5 Å². The van der Waals surface area contributed by atoms with Gasteiger partial charge in [-0.1, -0.05) is 54.1 Å². The molecule has 2 aromatic rings. The second-order valence-corrected chi connectivity index (χ2v) is 13.3. The fraction of sp³-hybridized carbons (Fsp3) is 0.452. The summed E-state index contributed by atoms with van der Waals surface area (Å²) in [6.45, 7) is 15.5. The van der Waals surface area contributed by atoms with Gasteiger partial charge in [-0.3, -0.25) is 0 Å². The van der Waals surface area contributed by atoms with E-state index in [2.05, 4.69) is 18.0 Å². The molecule has 1 N–H and O–H groups in total. The van der Waals surface area contributed by atoms with Crippen LogP contribution in [0.25, 0.3) is 6.08 Å². The first-order chi connectivity index (χ1) is 17.8. The predicted molar refractivity (Wildman–Crippen MR) is 155 cm³/mol. The van der Waals surface area contributed by atoms with Crippen molar-refractivity contribution in [2.24, 2.45) is 0 Å². The van der Waals surface area contributed by atoms with Crippen LogP contribution in [0.4, 0.5) is 4.79 Å². The number of sulfone groups is 1. The van der Waals surface area contributed by atoms with E-state index in [1.807, 2.05) is 71.0 Å². The first-order valence-corrected chi connectivity index (χ1v) is 14.9. The summed E-state index contributed by atoms with van der Waals surface area (Å²) in [6.07, 6.45) is 7.71. The lowest BCUT2D eigenvalue weighted by molar-refractivity contribution is 0.0147. The van der Waals surface area contributed by atoms with Crippen LogP contribution in [0.2, 0.25) is 0 Å². The standard InChI is InChI=1S/C31H42N2O4S/c1-7-17-31(18-20-33(21-19-31)29(34)37-30(4,5)6)32-23-26-11-8-10-25(3)28(26)12-9-22-38(35,36)27-15-13-24(2)14-16-27/h7-16,32H,1,17-23H2,2-6H3/b12-9-. The summed E-state index contributed by atoms with van der Waals surface area (Å²) in [4.78, 5) is 14.7. The Morgan fingerprint density at radius 3 is 2.37 bits per heavy atom. The van der Waals surface area contributed by atoms with Crippen molar-refractivity contribution in [1.29, 1.82) is 0 Å². The minimum Gasteiger partial charge on any atom is -0.444 e. The quantitative estimate of drug-likeness (QED) is 0.383. The molecule has 0 aromatic heterocycles. The Kier molecular flexibility index (Phi) is 9.60. The molecule has 206 valence electrons. The summed E-state index contributed by atoms with van der Waals surface area (Å²) >= 11 is 0. The minimum atomic E-state index is -3.40. The molecule has 0 saturated carbocycles. The number of hydrogen-bond acceptors (Lipinski definition) is 5. The van der Waals surface area contributed by atoms with Crippen LogP contribution >= 0.6 is 0 Å². The average molecular weight is 539 g/mol. The SMILES string of the molecule is C=CCC1(NCc2cccc(C)c2/C=C\CS(=O)(=O)c2ccc(C)cc2)CCN(C(=O)OC(C)(C)C)CC1. The number of piperidine rings is 1. The van der Waals surface area contributed by atoms with E-state index in [-0.39, 0.29) is 17.4 Å². The number of likely N-dealkylation sites (tertiary alicyclic amines) is 1. The number of ether oxygens (including phenoxy) is 1. The lowest BCUT2D eigenvalue weighted by Gasteiger charge is -2.42. The Bertz CT molecular complexity index is 1250. The number of nitrogens with one attached hydrogen (secondary N) is 1. The molecule has 1 aliphatic heterocycles. The Hall–Kier alpha value is -2.90. The molecule has 3 rings (SSSR count). The third kappa shape index (κ3) is 8.05. The molecule has 0 spiro atoms. The fourth-order valence-electron chi connectivity index (χ4n) is 4.72. The van der Waals surface area contributed by atoms with Crippen molar-refractivity contribution in [3.63, 3.8) is 0 Å². The number of nitrogens with zero attached hydrogens (tertiary/aromatic N) is 1. The van der Waals surface area contributed by atoms with Crippen molar-refractivity contribution in [3.05, 3.63) is 83.4 Å². The maximum absolute atomic E-state index is 12.8. The molecule has 0 aliphatic carbocycles. The van der Waals surface area contributed by atoms with Crippen molar-refractivity contribution >= 4 is 22.0 Å². The van der Waals surface area contributed by atoms with Crippen LogP contribution in [0.1, 0.15) is 62.3 Å². The van der Waals surface area contributed by atoms with Gasteiger partial charge in [0, 0.05) is 25.2 Å². The first kappa shape index (κ1) is 29.7. The van der Waals surface area contributed by atoms with Crippen molar-refractivity contribution in [3.8, 4) is 0 Å². The van der Waals surface area contributed by atoms with Crippen LogP contribution < -0.4 is 5.32 Å². The van der Waals surface area contributed by atoms with E-state index >= 15 is 0 Å². The highest BCUT2D eigenvalue weighted by Gasteiger charge is 2.36. The van der Waals surface area contributed by atoms with Gasteiger partial charge in [0.25, 0.3) is 0 Å². The molecule has 38 heavy (non-hydrogen) atoms. The highest BCUT2D eigenvalue weighted by Crippen LogP contribution is 2.29. The number of amides is 1. The second kappa shape index (κ2) is 12.3. The summed E-state index contributed by atoms with van der Waals surface area (Å²) in [5.41, 5.74) is 3.57. The van der Waals surface area contributed by atoms with E-state index < -0.39 is 15.4 Å². The zero-order chi connectivity index (χ0) is 28.0. The van der Waals surface area contributed by atoms with E-state index in [0.717, 1.165) is 41.5 Å². The normalized spacial score (nSPS) is 16.0. The van der Waals surface area contributed by atoms with E-state index in [1.165, 1.54) is 0 Å². The summed E-state index contributed by atoms with van der Waals surface area (Å²) in [7, 11) is -3.40. The van der Waals surface area contributed by atoms with Gasteiger partial charge in [-0.2, -0.15) is 0 Å². The average Bonchev–Trinajstić information content (AvgIpc) is 2.84. The molecule has 0 radical (unpaired) electrons. The minimum absolute atomic E-state index is 0.0574. The molecule has 1 aliphatic rings. The molecule has 1 saturated heterocycles. The third-order valence-corrected chi connectivity index (χ3v) is 8.58. The molecule has 0 bridgehead atoms. The molecule has 2 aromatic carbocycles. The Morgan fingerprint density at radius 2 is 1.76 bits per heavy atom. The molecule has 1 fully saturated rings. The van der Waals surface area contributed by atoms with Crippen molar-refractivity contribution in [2.45, 2.75) is 76.5 Å². The van der Waals surface area contributed by atoms with Crippen LogP contribution in [0.15, 0.2) is 66.1 Å². The number of benzene rings is 2. The summed E-state index contributed by atoms with van der Waals surface area (Å²) in [6, 6.07) is 13.1. The smallest absolute Gasteiger partial charge is 0.410 e. The number of aryl methyl sites for hydroxylation is 2. The van der Waals surface area contributed by atoms with Gasteiger partial charge in [0.05, 0.1) is 10.6 Å². The van der Waals surface area contributed by atoms with Gasteiger partial charge in [-0.25, -0.2) is 13.2 Å². The van der Waals surface area contributed by atoms with Gasteiger partial charge in [0.15, 0.2) is 9.84 Å². The van der Waals surface area contributed by atoms with Gasteiger partial charge in [0.2, 0.25) is 0 Å². The van der Waals surface area contributed by atoms with Gasteiger partial charge >= 0.3 is 6.09 Å². The number of rotatable bonds is 9. The fourth-order valence-corrected chi connectivity index (χ4v) is 5.82. The van der Waals surface area contributed by atoms with E-state index in [4.69, 9.17) is 4.74 Å². The van der Waals surface area contributed by atoms with Crippen molar-refractivity contribution < 1.29 is 17.9 Å². The van der Waals surface area contributed by atoms with Crippen molar-refractivity contribution in [2.75, 3.05) is 18.8 Å². The summed E-state index contributed by atoms with van der Waals surface area (Å²) in [5, 5.41) is 3.76. The highest BCUT2D eigenvalue weighted by molar-refractivity contribution is 7.91. The van der Waals surface area contributed by atoms with E-state index in [1.54, 1.807) is 23.1 Å². The van der Waals surface area contributed by atoms with Crippen LogP contribution in [0.3, 0.4) is 0 Å². The topological polar surface area (TPSA) is 75.7 Å². The lowest BCUT2D eigenvalue weighted by Crippen LogP contribution is -2.54. The summed E-state index contributed by atoms with van der Waals surface area (Å²) < 4.78 is 31.1. The molecule has 0 atom stereocenters. The molecule has 1 amide bonds. The van der Waals surface area contributed by atoms with Gasteiger partial charge < -0.3 is 15.0 Å². The van der Waals surface area contributed by atoms with Gasteiger partial charge in [0.1, 0.15) is 5.60 Å². The predicted octanol–water partition coefficient (Wildman–Crippen LogP) is 6.23. The van der Waals surface area contributed by atoms with Gasteiger partial charge in [-0.15, -0.1) is 6.58 Å². The highest BCUT2D eigenvalue weighted by atomic mass is 32.2.